The summed E-state index contributed by atoms with van der Waals surface area (Å²) in [4.78, 5) is 17.7. The number of carbonyl (C=O) groups is 1. The Bertz CT molecular complexity index is 616. The Balaban J connectivity index is 1.83. The number of halogens is 2. The molecule has 3 nitrogen and oxygen atoms in total. The van der Waals surface area contributed by atoms with Crippen molar-refractivity contribution < 1.29 is 4.79 Å². The lowest BCUT2D eigenvalue weighted by Gasteiger charge is -2.31. The number of rotatable bonds is 9. The smallest absolute Gasteiger partial charge is 0.232 e. The molecule has 2 atom stereocenters. The molecule has 27 heavy (non-hydrogen) atoms. The zero-order valence-electron chi connectivity index (χ0n) is 16.4. The van der Waals surface area contributed by atoms with Crippen LogP contribution in [-0.4, -0.2) is 66.2 Å². The van der Waals surface area contributed by atoms with E-state index in [9.17, 15) is 4.79 Å². The Morgan fingerprint density at radius 3 is 2.44 bits per heavy atom. The van der Waals surface area contributed by atoms with E-state index in [0.717, 1.165) is 24.4 Å². The molecule has 2 unspecified atom stereocenters. The van der Waals surface area contributed by atoms with Gasteiger partial charge in [0.15, 0.2) is 0 Å². The average molecular weight is 450 g/mol. The minimum atomic E-state index is 0.239. The quantitative estimate of drug-likeness (QED) is 0.494. The standard InChI is InChI=1S/C20H30Cl2N2OS2/c1-23(2)11-6-12-24(3)20(25)14-26-18-7-4-5-8-19(18)27-15-9-10-16(21)17(22)13-15/h9-10,13,18-19H,4-8,11-12,14H2,1-3H3. The van der Waals surface area contributed by atoms with Crippen LogP contribution in [0.5, 0.6) is 0 Å². The van der Waals surface area contributed by atoms with Gasteiger partial charge in [0.1, 0.15) is 0 Å². The number of benzene rings is 1. The maximum absolute atomic E-state index is 12.5. The van der Waals surface area contributed by atoms with Crippen LogP contribution in [0, 0.1) is 0 Å². The molecule has 0 saturated heterocycles. The number of thioether (sulfide) groups is 2. The highest BCUT2D eigenvalue weighted by molar-refractivity contribution is 8.04. The lowest BCUT2D eigenvalue weighted by Crippen LogP contribution is -2.33. The second-order valence-corrected chi connectivity index (χ2v) is 10.7. The predicted molar refractivity (Wildman–Crippen MR) is 122 cm³/mol. The third kappa shape index (κ3) is 8.06. The van der Waals surface area contributed by atoms with Gasteiger partial charge in [-0.2, -0.15) is 0 Å². The molecule has 1 aliphatic carbocycles. The molecule has 0 radical (unpaired) electrons. The van der Waals surface area contributed by atoms with Gasteiger partial charge in [-0.25, -0.2) is 0 Å². The van der Waals surface area contributed by atoms with Crippen LogP contribution in [0.2, 0.25) is 10.0 Å². The van der Waals surface area contributed by atoms with Crippen molar-refractivity contribution in [1.29, 1.82) is 0 Å². The lowest BCUT2D eigenvalue weighted by molar-refractivity contribution is -0.127. The molecule has 0 N–H and O–H groups in total. The molecule has 0 bridgehead atoms. The first-order valence-corrected chi connectivity index (χ1v) is 12.2. The summed E-state index contributed by atoms with van der Waals surface area (Å²) < 4.78 is 0. The number of amides is 1. The fourth-order valence-corrected chi connectivity index (χ4v) is 6.43. The highest BCUT2D eigenvalue weighted by atomic mass is 35.5. The molecule has 1 aromatic carbocycles. The van der Waals surface area contributed by atoms with Gasteiger partial charge >= 0.3 is 0 Å². The number of carbonyl (C=O) groups excluding carboxylic acids is 1. The molecule has 7 heteroatoms. The highest BCUT2D eigenvalue weighted by Crippen LogP contribution is 2.40. The van der Waals surface area contributed by atoms with Crippen LogP contribution in [0.4, 0.5) is 0 Å². The van der Waals surface area contributed by atoms with Crippen molar-refractivity contribution in [2.75, 3.05) is 40.0 Å². The van der Waals surface area contributed by atoms with Gasteiger partial charge in [-0.05, 0) is 58.1 Å². The second-order valence-electron chi connectivity index (χ2n) is 7.34. The molecule has 0 heterocycles. The van der Waals surface area contributed by atoms with Crippen LogP contribution in [0.1, 0.15) is 32.1 Å². The van der Waals surface area contributed by atoms with Crippen molar-refractivity contribution >= 4 is 52.6 Å². The molecule has 0 aromatic heterocycles. The van der Waals surface area contributed by atoms with Crippen LogP contribution in [-0.2, 0) is 4.79 Å². The summed E-state index contributed by atoms with van der Waals surface area (Å²) >= 11 is 15.9. The summed E-state index contributed by atoms with van der Waals surface area (Å²) in [5, 5.41) is 2.24. The largest absolute Gasteiger partial charge is 0.345 e. The third-order valence-corrected chi connectivity index (χ3v) is 8.48. The lowest BCUT2D eigenvalue weighted by atomic mass is 10.00. The average Bonchev–Trinajstić information content (AvgIpc) is 2.63. The number of hydrogen-bond donors (Lipinski definition) is 0. The van der Waals surface area contributed by atoms with Crippen molar-refractivity contribution in [3.05, 3.63) is 28.2 Å². The zero-order valence-corrected chi connectivity index (χ0v) is 19.6. The SMILES string of the molecule is CN(C)CCCN(C)C(=O)CSC1CCCCC1Sc1ccc(Cl)c(Cl)c1. The van der Waals surface area contributed by atoms with Crippen molar-refractivity contribution in [2.45, 2.75) is 47.5 Å². The highest BCUT2D eigenvalue weighted by Gasteiger charge is 2.27. The molecule has 0 aliphatic heterocycles. The summed E-state index contributed by atoms with van der Waals surface area (Å²) in [5.41, 5.74) is 0. The molecule has 1 fully saturated rings. The van der Waals surface area contributed by atoms with Gasteiger partial charge in [-0.3, -0.25) is 4.79 Å². The minimum absolute atomic E-state index is 0.239. The summed E-state index contributed by atoms with van der Waals surface area (Å²) in [5.74, 6) is 0.810. The molecular weight excluding hydrogens is 419 g/mol. The molecule has 1 amide bonds. The Labute approximate surface area is 182 Å². The number of nitrogens with zero attached hydrogens (tertiary/aromatic N) is 2. The van der Waals surface area contributed by atoms with Gasteiger partial charge in [0.05, 0.1) is 15.8 Å². The monoisotopic (exact) mass is 448 g/mol. The van der Waals surface area contributed by atoms with Gasteiger partial charge in [0.25, 0.3) is 0 Å². The fraction of sp³-hybridized carbons (Fsp3) is 0.650. The number of hydrogen-bond acceptors (Lipinski definition) is 4. The Kier molecular flexibility index (Phi) is 10.2. The first kappa shape index (κ1) is 23.2. The maximum Gasteiger partial charge on any atom is 0.232 e. The molecule has 0 spiro atoms. The molecule has 152 valence electrons. The van der Waals surface area contributed by atoms with E-state index in [-0.39, 0.29) is 5.91 Å². The van der Waals surface area contributed by atoms with Gasteiger partial charge in [0.2, 0.25) is 5.91 Å². The van der Waals surface area contributed by atoms with E-state index >= 15 is 0 Å². The fourth-order valence-electron chi connectivity index (χ4n) is 3.15. The topological polar surface area (TPSA) is 23.6 Å². The van der Waals surface area contributed by atoms with Crippen molar-refractivity contribution in [2.24, 2.45) is 0 Å². The predicted octanol–water partition coefficient (Wildman–Crippen LogP) is 5.54. The first-order valence-electron chi connectivity index (χ1n) is 9.49. The summed E-state index contributed by atoms with van der Waals surface area (Å²) in [6.45, 7) is 1.83. The van der Waals surface area contributed by atoms with Crippen LogP contribution < -0.4 is 0 Å². The van der Waals surface area contributed by atoms with E-state index in [1.807, 2.05) is 53.7 Å². The Morgan fingerprint density at radius 1 is 1.07 bits per heavy atom. The van der Waals surface area contributed by atoms with E-state index in [1.54, 1.807) is 0 Å². The minimum Gasteiger partial charge on any atom is -0.345 e. The Morgan fingerprint density at radius 2 is 1.78 bits per heavy atom. The zero-order chi connectivity index (χ0) is 19.8. The second kappa shape index (κ2) is 11.8. The third-order valence-electron chi connectivity index (χ3n) is 4.77. The van der Waals surface area contributed by atoms with Gasteiger partial charge in [-0.1, -0.05) is 36.0 Å². The molecular formula is C20H30Cl2N2OS2. The van der Waals surface area contributed by atoms with Crippen molar-refractivity contribution in [3.8, 4) is 0 Å². The van der Waals surface area contributed by atoms with E-state index in [4.69, 9.17) is 23.2 Å². The summed E-state index contributed by atoms with van der Waals surface area (Å²) in [6.07, 6.45) is 5.90. The van der Waals surface area contributed by atoms with Crippen molar-refractivity contribution in [3.63, 3.8) is 0 Å². The Hall–Kier alpha value is -0.0700. The normalized spacial score (nSPS) is 20.1. The van der Waals surface area contributed by atoms with Crippen LogP contribution in [0.15, 0.2) is 23.1 Å². The molecule has 1 aliphatic rings. The molecule has 1 saturated carbocycles. The first-order chi connectivity index (χ1) is 12.9. The van der Waals surface area contributed by atoms with Gasteiger partial charge in [0, 0.05) is 29.0 Å². The maximum atomic E-state index is 12.5. The van der Waals surface area contributed by atoms with Crippen LogP contribution in [0.25, 0.3) is 0 Å². The molecule has 1 aromatic rings. The van der Waals surface area contributed by atoms with E-state index < -0.39 is 0 Å². The summed E-state index contributed by atoms with van der Waals surface area (Å²) in [7, 11) is 6.04. The van der Waals surface area contributed by atoms with E-state index in [1.165, 1.54) is 25.7 Å². The molecule has 2 rings (SSSR count). The van der Waals surface area contributed by atoms with E-state index in [2.05, 4.69) is 19.0 Å². The van der Waals surface area contributed by atoms with Gasteiger partial charge < -0.3 is 9.80 Å². The summed E-state index contributed by atoms with van der Waals surface area (Å²) in [6, 6.07) is 5.86. The van der Waals surface area contributed by atoms with Crippen molar-refractivity contribution in [1.82, 2.24) is 9.80 Å². The van der Waals surface area contributed by atoms with Crippen LogP contribution in [0.3, 0.4) is 0 Å². The van der Waals surface area contributed by atoms with Crippen LogP contribution >= 0.6 is 46.7 Å². The van der Waals surface area contributed by atoms with Gasteiger partial charge in [-0.15, -0.1) is 23.5 Å². The van der Waals surface area contributed by atoms with E-state index in [0.29, 0.717) is 26.3 Å².